The van der Waals surface area contributed by atoms with Crippen molar-refractivity contribution in [3.63, 3.8) is 0 Å². The van der Waals surface area contributed by atoms with Crippen LogP contribution in [0, 0.1) is 0 Å². The first-order valence-corrected chi connectivity index (χ1v) is 7.29. The molecule has 0 N–H and O–H groups in total. The summed E-state index contributed by atoms with van der Waals surface area (Å²) >= 11 is 0. The molecule has 2 rings (SSSR count). The summed E-state index contributed by atoms with van der Waals surface area (Å²) in [5.74, 6) is 1.69. The molecule has 0 aliphatic rings. The highest BCUT2D eigenvalue weighted by atomic mass is 16.5. The quantitative estimate of drug-likeness (QED) is 0.710. The number of rotatable bonds is 9. The minimum absolute atomic E-state index is 0.0786. The van der Waals surface area contributed by atoms with Gasteiger partial charge in [0.05, 0.1) is 26.5 Å². The highest BCUT2D eigenvalue weighted by Crippen LogP contribution is 2.25. The molecule has 0 aliphatic heterocycles. The topological polar surface area (TPSA) is 61.1 Å². The zero-order valence-corrected chi connectivity index (χ0v) is 13.4. The molecule has 6 heteroatoms. The Morgan fingerprint density at radius 3 is 2.57 bits per heavy atom. The Hall–Kier alpha value is -2.47. The lowest BCUT2D eigenvalue weighted by atomic mass is 10.3. The Balaban J connectivity index is 1.96. The zero-order chi connectivity index (χ0) is 16.5. The first-order valence-electron chi connectivity index (χ1n) is 7.29. The molecule has 1 amide bonds. The maximum Gasteiger partial charge on any atom is 0.260 e. The molecule has 23 heavy (non-hydrogen) atoms. The summed E-state index contributed by atoms with van der Waals surface area (Å²) in [5.41, 5.74) is 0. The predicted octanol–water partition coefficient (Wildman–Crippen LogP) is 2.34. The Morgan fingerprint density at radius 1 is 1.13 bits per heavy atom. The number of nitrogens with zero attached hydrogens (tertiary/aromatic N) is 1. The van der Waals surface area contributed by atoms with Crippen LogP contribution in [0.15, 0.2) is 47.1 Å². The van der Waals surface area contributed by atoms with Crippen LogP contribution < -0.4 is 9.47 Å². The Morgan fingerprint density at radius 2 is 1.91 bits per heavy atom. The smallest absolute Gasteiger partial charge is 0.260 e. The minimum atomic E-state index is -0.149. The van der Waals surface area contributed by atoms with E-state index in [0.29, 0.717) is 37.0 Å². The van der Waals surface area contributed by atoms with Gasteiger partial charge in [0.25, 0.3) is 5.91 Å². The lowest BCUT2D eigenvalue weighted by molar-refractivity contribution is -0.134. The van der Waals surface area contributed by atoms with E-state index < -0.39 is 0 Å². The number of carbonyl (C=O) groups is 1. The molecule has 6 nitrogen and oxygen atoms in total. The van der Waals surface area contributed by atoms with E-state index in [1.807, 2.05) is 18.2 Å². The van der Waals surface area contributed by atoms with Crippen LogP contribution in [0.3, 0.4) is 0 Å². The van der Waals surface area contributed by atoms with Crippen LogP contribution in [0.2, 0.25) is 0 Å². The van der Waals surface area contributed by atoms with Crippen molar-refractivity contribution < 1.29 is 23.4 Å². The van der Waals surface area contributed by atoms with Gasteiger partial charge in [0.15, 0.2) is 18.1 Å². The average molecular weight is 319 g/mol. The fourth-order valence-electron chi connectivity index (χ4n) is 2.05. The summed E-state index contributed by atoms with van der Waals surface area (Å²) < 4.78 is 21.1. The lowest BCUT2D eigenvalue weighted by Gasteiger charge is -2.21. The van der Waals surface area contributed by atoms with Crippen LogP contribution in [0.4, 0.5) is 0 Å². The molecular weight excluding hydrogens is 298 g/mol. The van der Waals surface area contributed by atoms with E-state index in [0.717, 1.165) is 0 Å². The van der Waals surface area contributed by atoms with E-state index in [9.17, 15) is 4.79 Å². The molecule has 0 saturated carbocycles. The van der Waals surface area contributed by atoms with E-state index in [-0.39, 0.29) is 12.5 Å². The van der Waals surface area contributed by atoms with Gasteiger partial charge in [0, 0.05) is 13.7 Å². The van der Waals surface area contributed by atoms with Crippen molar-refractivity contribution in [1.29, 1.82) is 0 Å². The van der Waals surface area contributed by atoms with Gasteiger partial charge < -0.3 is 23.5 Å². The van der Waals surface area contributed by atoms with Gasteiger partial charge in [-0.05, 0) is 24.3 Å². The van der Waals surface area contributed by atoms with Crippen LogP contribution in [-0.2, 0) is 16.1 Å². The number of ether oxygens (including phenoxy) is 3. The molecule has 0 fully saturated rings. The molecular formula is C17H21NO5. The number of para-hydroxylation sites is 2. The molecule has 1 heterocycles. The van der Waals surface area contributed by atoms with Gasteiger partial charge in [-0.25, -0.2) is 0 Å². The van der Waals surface area contributed by atoms with Gasteiger partial charge in [-0.1, -0.05) is 12.1 Å². The van der Waals surface area contributed by atoms with Crippen LogP contribution in [0.5, 0.6) is 11.5 Å². The molecule has 0 atom stereocenters. The Labute approximate surface area is 135 Å². The number of carbonyl (C=O) groups excluding carboxylic acids is 1. The summed E-state index contributed by atoms with van der Waals surface area (Å²) in [7, 11) is 3.16. The lowest BCUT2D eigenvalue weighted by Crippen LogP contribution is -2.36. The van der Waals surface area contributed by atoms with Crippen LogP contribution in [0.25, 0.3) is 0 Å². The first kappa shape index (κ1) is 16.9. The molecule has 2 aromatic rings. The molecule has 124 valence electrons. The number of furan rings is 1. The fourth-order valence-corrected chi connectivity index (χ4v) is 2.05. The summed E-state index contributed by atoms with van der Waals surface area (Å²) in [6.07, 6.45) is 1.58. The van der Waals surface area contributed by atoms with Crippen molar-refractivity contribution in [1.82, 2.24) is 4.90 Å². The van der Waals surface area contributed by atoms with Crippen molar-refractivity contribution in [3.05, 3.63) is 48.4 Å². The monoisotopic (exact) mass is 319 g/mol. The molecule has 0 bridgehead atoms. The fraction of sp³-hybridized carbons (Fsp3) is 0.353. The molecule has 0 saturated heterocycles. The van der Waals surface area contributed by atoms with Gasteiger partial charge in [0.1, 0.15) is 5.76 Å². The van der Waals surface area contributed by atoms with Crippen molar-refractivity contribution in [2.45, 2.75) is 6.54 Å². The number of hydrogen-bond donors (Lipinski definition) is 0. The number of amides is 1. The highest BCUT2D eigenvalue weighted by Gasteiger charge is 2.16. The summed E-state index contributed by atoms with van der Waals surface area (Å²) in [5, 5.41) is 0. The van der Waals surface area contributed by atoms with E-state index in [2.05, 4.69) is 0 Å². The van der Waals surface area contributed by atoms with Crippen molar-refractivity contribution in [3.8, 4) is 11.5 Å². The largest absolute Gasteiger partial charge is 0.493 e. The second-order valence-electron chi connectivity index (χ2n) is 4.83. The highest BCUT2D eigenvalue weighted by molar-refractivity contribution is 5.77. The maximum atomic E-state index is 12.4. The third-order valence-electron chi connectivity index (χ3n) is 3.27. The number of hydrogen-bond acceptors (Lipinski definition) is 5. The van der Waals surface area contributed by atoms with E-state index >= 15 is 0 Å². The third kappa shape index (κ3) is 5.03. The van der Waals surface area contributed by atoms with Gasteiger partial charge in [-0.15, -0.1) is 0 Å². The Bertz CT molecular complexity index is 597. The molecule has 0 unspecified atom stereocenters. The van der Waals surface area contributed by atoms with Crippen LogP contribution in [0.1, 0.15) is 5.76 Å². The van der Waals surface area contributed by atoms with E-state index in [1.165, 1.54) is 0 Å². The standard InChI is InChI=1S/C17H21NO5/c1-20-11-9-18(12-14-6-5-10-22-14)17(19)13-23-16-8-4-3-7-15(16)21-2/h3-8,10H,9,11-13H2,1-2H3. The van der Waals surface area contributed by atoms with Gasteiger partial charge in [0.2, 0.25) is 0 Å². The summed E-state index contributed by atoms with van der Waals surface area (Å²) in [4.78, 5) is 14.0. The predicted molar refractivity (Wildman–Crippen MR) is 84.5 cm³/mol. The third-order valence-corrected chi connectivity index (χ3v) is 3.27. The molecule has 0 aliphatic carbocycles. The summed E-state index contributed by atoms with van der Waals surface area (Å²) in [6.45, 7) is 1.21. The molecule has 1 aromatic heterocycles. The van der Waals surface area contributed by atoms with Crippen molar-refractivity contribution in [2.24, 2.45) is 0 Å². The van der Waals surface area contributed by atoms with E-state index in [4.69, 9.17) is 18.6 Å². The molecule has 1 aromatic carbocycles. The molecule has 0 radical (unpaired) electrons. The number of methoxy groups -OCH3 is 2. The van der Waals surface area contributed by atoms with Crippen molar-refractivity contribution >= 4 is 5.91 Å². The minimum Gasteiger partial charge on any atom is -0.493 e. The average Bonchev–Trinajstić information content (AvgIpc) is 3.09. The first-order chi connectivity index (χ1) is 11.2. The van der Waals surface area contributed by atoms with Gasteiger partial charge in [-0.2, -0.15) is 0 Å². The van der Waals surface area contributed by atoms with Gasteiger partial charge in [-0.3, -0.25) is 4.79 Å². The second kappa shape index (κ2) is 8.85. The zero-order valence-electron chi connectivity index (χ0n) is 13.4. The SMILES string of the molecule is COCCN(Cc1ccco1)C(=O)COc1ccccc1OC. The Kier molecular flexibility index (Phi) is 6.50. The van der Waals surface area contributed by atoms with Crippen LogP contribution >= 0.6 is 0 Å². The normalized spacial score (nSPS) is 10.3. The van der Waals surface area contributed by atoms with E-state index in [1.54, 1.807) is 43.6 Å². The van der Waals surface area contributed by atoms with Gasteiger partial charge >= 0.3 is 0 Å². The molecule has 0 spiro atoms. The van der Waals surface area contributed by atoms with Crippen LogP contribution in [-0.4, -0.2) is 44.8 Å². The maximum absolute atomic E-state index is 12.4. The van der Waals surface area contributed by atoms with Crippen molar-refractivity contribution in [2.75, 3.05) is 34.0 Å². The second-order valence-corrected chi connectivity index (χ2v) is 4.83. The summed E-state index contributed by atoms with van der Waals surface area (Å²) in [6, 6.07) is 10.8. The number of benzene rings is 1.